The number of nitrogen functional groups attached to an aromatic ring is 1. The summed E-state index contributed by atoms with van der Waals surface area (Å²) < 4.78 is 1.39. The minimum atomic E-state index is -0.161. The van der Waals surface area contributed by atoms with Crippen molar-refractivity contribution in [3.63, 3.8) is 0 Å². The standard InChI is InChI=1S/C18H17Cl2N5OS/c1-11-2-4-12(5-3-11)17-23-24-18(25(17)21)27-10-16(26)22-9-13-6-7-14(19)8-15(13)20/h2-8H,9-10,21H2,1H3,(H,22,26). The highest BCUT2D eigenvalue weighted by atomic mass is 35.5. The summed E-state index contributed by atoms with van der Waals surface area (Å²) in [6, 6.07) is 13.0. The van der Waals surface area contributed by atoms with E-state index >= 15 is 0 Å². The fraction of sp³-hybridized carbons (Fsp3) is 0.167. The van der Waals surface area contributed by atoms with Gasteiger partial charge in [0.25, 0.3) is 0 Å². The molecule has 0 atom stereocenters. The van der Waals surface area contributed by atoms with Crippen molar-refractivity contribution >= 4 is 40.9 Å². The van der Waals surface area contributed by atoms with Gasteiger partial charge in [-0.3, -0.25) is 4.79 Å². The number of halogens is 2. The number of rotatable bonds is 6. The van der Waals surface area contributed by atoms with Crippen LogP contribution < -0.4 is 11.2 Å². The molecule has 3 rings (SSSR count). The summed E-state index contributed by atoms with van der Waals surface area (Å²) >= 11 is 13.2. The second kappa shape index (κ2) is 8.65. The summed E-state index contributed by atoms with van der Waals surface area (Å²) in [6.45, 7) is 2.33. The number of thioether (sulfide) groups is 1. The second-order valence-corrected chi connectivity index (χ2v) is 7.63. The molecule has 1 aromatic heterocycles. The number of aromatic nitrogens is 3. The fourth-order valence-electron chi connectivity index (χ4n) is 2.31. The topological polar surface area (TPSA) is 85.8 Å². The first-order valence-electron chi connectivity index (χ1n) is 8.05. The molecule has 3 aromatic rings. The molecular formula is C18H17Cl2N5OS. The summed E-state index contributed by atoms with van der Waals surface area (Å²) in [6.07, 6.45) is 0. The molecule has 0 radical (unpaired) electrons. The van der Waals surface area contributed by atoms with Gasteiger partial charge in [-0.05, 0) is 24.6 Å². The molecule has 0 unspecified atom stereocenters. The van der Waals surface area contributed by atoms with Gasteiger partial charge >= 0.3 is 0 Å². The Morgan fingerprint density at radius 3 is 2.63 bits per heavy atom. The molecule has 0 bridgehead atoms. The maximum absolute atomic E-state index is 12.1. The van der Waals surface area contributed by atoms with Crippen LogP contribution in [0.4, 0.5) is 0 Å². The van der Waals surface area contributed by atoms with Crippen LogP contribution in [-0.4, -0.2) is 26.5 Å². The molecule has 0 aliphatic heterocycles. The summed E-state index contributed by atoms with van der Waals surface area (Å²) in [7, 11) is 0. The maximum atomic E-state index is 12.1. The highest BCUT2D eigenvalue weighted by Gasteiger charge is 2.14. The fourth-order valence-corrected chi connectivity index (χ4v) is 3.48. The molecule has 0 aliphatic rings. The van der Waals surface area contributed by atoms with Gasteiger partial charge in [0.1, 0.15) is 0 Å². The Labute approximate surface area is 171 Å². The van der Waals surface area contributed by atoms with E-state index in [9.17, 15) is 4.79 Å². The van der Waals surface area contributed by atoms with Crippen LogP contribution in [0.5, 0.6) is 0 Å². The van der Waals surface area contributed by atoms with Gasteiger partial charge in [0.05, 0.1) is 5.75 Å². The first-order valence-corrected chi connectivity index (χ1v) is 9.79. The number of benzene rings is 2. The van der Waals surface area contributed by atoms with Gasteiger partial charge in [0.2, 0.25) is 11.1 Å². The normalized spacial score (nSPS) is 10.8. The average Bonchev–Trinajstić information content (AvgIpc) is 3.00. The van der Waals surface area contributed by atoms with Crippen LogP contribution >= 0.6 is 35.0 Å². The van der Waals surface area contributed by atoms with Crippen LogP contribution in [0.3, 0.4) is 0 Å². The number of carbonyl (C=O) groups is 1. The number of hydrogen-bond donors (Lipinski definition) is 2. The Morgan fingerprint density at radius 1 is 1.19 bits per heavy atom. The van der Waals surface area contributed by atoms with Crippen molar-refractivity contribution in [1.82, 2.24) is 20.2 Å². The Morgan fingerprint density at radius 2 is 1.93 bits per heavy atom. The molecule has 6 nitrogen and oxygen atoms in total. The summed E-state index contributed by atoms with van der Waals surface area (Å²) in [5.41, 5.74) is 2.81. The molecule has 0 spiro atoms. The monoisotopic (exact) mass is 421 g/mol. The molecule has 0 fully saturated rings. The zero-order valence-corrected chi connectivity index (χ0v) is 16.8. The Bertz CT molecular complexity index is 959. The van der Waals surface area contributed by atoms with Gasteiger partial charge < -0.3 is 11.2 Å². The molecule has 3 N–H and O–H groups in total. The van der Waals surface area contributed by atoms with Crippen LogP contribution in [0.2, 0.25) is 10.0 Å². The van der Waals surface area contributed by atoms with E-state index in [1.165, 1.54) is 16.4 Å². The number of amides is 1. The lowest BCUT2D eigenvalue weighted by atomic mass is 10.1. The second-order valence-electron chi connectivity index (χ2n) is 5.84. The molecule has 0 saturated carbocycles. The van der Waals surface area contributed by atoms with Gasteiger partial charge in [-0.15, -0.1) is 10.2 Å². The van der Waals surface area contributed by atoms with Gasteiger partial charge in [0.15, 0.2) is 5.82 Å². The largest absolute Gasteiger partial charge is 0.351 e. The quantitative estimate of drug-likeness (QED) is 0.468. The molecule has 9 heteroatoms. The highest BCUT2D eigenvalue weighted by molar-refractivity contribution is 7.99. The van der Waals surface area contributed by atoms with E-state index in [1.807, 2.05) is 31.2 Å². The molecule has 0 aliphatic carbocycles. The number of carbonyl (C=O) groups excluding carboxylic acids is 1. The van der Waals surface area contributed by atoms with Gasteiger partial charge in [0, 0.05) is 22.2 Å². The van der Waals surface area contributed by atoms with E-state index < -0.39 is 0 Å². The molecule has 0 saturated heterocycles. The van der Waals surface area contributed by atoms with E-state index in [0.717, 1.165) is 16.7 Å². The first-order chi connectivity index (χ1) is 12.9. The predicted octanol–water partition coefficient (Wildman–Crippen LogP) is 3.68. The van der Waals surface area contributed by atoms with Crippen molar-refractivity contribution < 1.29 is 4.79 Å². The number of nitrogens with two attached hydrogens (primary N) is 1. The molecular weight excluding hydrogens is 405 g/mol. The van der Waals surface area contributed by atoms with Crippen molar-refractivity contribution in [2.24, 2.45) is 0 Å². The molecule has 140 valence electrons. The summed E-state index contributed by atoms with van der Waals surface area (Å²) in [5.74, 6) is 6.61. The number of aryl methyl sites for hydroxylation is 1. The van der Waals surface area contributed by atoms with Gasteiger partial charge in [-0.25, -0.2) is 4.68 Å². The Kier molecular flexibility index (Phi) is 6.26. The Balaban J connectivity index is 1.57. The van der Waals surface area contributed by atoms with Crippen LogP contribution in [0, 0.1) is 6.92 Å². The highest BCUT2D eigenvalue weighted by Crippen LogP contribution is 2.22. The summed E-state index contributed by atoms with van der Waals surface area (Å²) in [4.78, 5) is 12.1. The van der Waals surface area contributed by atoms with E-state index in [1.54, 1.807) is 18.2 Å². The zero-order valence-electron chi connectivity index (χ0n) is 14.4. The molecule has 1 amide bonds. The minimum absolute atomic E-state index is 0.161. The summed E-state index contributed by atoms with van der Waals surface area (Å²) in [5, 5.41) is 12.5. The van der Waals surface area contributed by atoms with Crippen molar-refractivity contribution in [2.45, 2.75) is 18.6 Å². The van der Waals surface area contributed by atoms with Crippen molar-refractivity contribution in [3.8, 4) is 11.4 Å². The average molecular weight is 422 g/mol. The third-order valence-electron chi connectivity index (χ3n) is 3.80. The van der Waals surface area contributed by atoms with E-state index in [0.29, 0.717) is 27.6 Å². The molecule has 27 heavy (non-hydrogen) atoms. The number of hydrogen-bond acceptors (Lipinski definition) is 5. The first kappa shape index (κ1) is 19.5. The third-order valence-corrected chi connectivity index (χ3v) is 5.33. The smallest absolute Gasteiger partial charge is 0.230 e. The molecule has 2 aromatic carbocycles. The van der Waals surface area contributed by atoms with Crippen molar-refractivity contribution in [2.75, 3.05) is 11.6 Å². The minimum Gasteiger partial charge on any atom is -0.351 e. The number of nitrogens with one attached hydrogen (secondary N) is 1. The van der Waals surface area contributed by atoms with Gasteiger partial charge in [-0.2, -0.15) is 0 Å². The van der Waals surface area contributed by atoms with Crippen molar-refractivity contribution in [3.05, 3.63) is 63.6 Å². The third kappa shape index (κ3) is 4.94. The van der Waals surface area contributed by atoms with E-state index in [4.69, 9.17) is 29.0 Å². The van der Waals surface area contributed by atoms with Gasteiger partial charge in [-0.1, -0.05) is 70.9 Å². The lowest BCUT2D eigenvalue weighted by Crippen LogP contribution is -2.25. The lowest BCUT2D eigenvalue weighted by molar-refractivity contribution is -0.118. The van der Waals surface area contributed by atoms with Crippen LogP contribution in [0.25, 0.3) is 11.4 Å². The van der Waals surface area contributed by atoms with E-state index in [-0.39, 0.29) is 11.7 Å². The lowest BCUT2D eigenvalue weighted by Gasteiger charge is -2.07. The van der Waals surface area contributed by atoms with Crippen LogP contribution in [0.15, 0.2) is 47.6 Å². The Hall–Kier alpha value is -2.22. The zero-order chi connectivity index (χ0) is 19.4. The maximum Gasteiger partial charge on any atom is 0.230 e. The number of nitrogens with zero attached hydrogens (tertiary/aromatic N) is 3. The van der Waals surface area contributed by atoms with Crippen LogP contribution in [-0.2, 0) is 11.3 Å². The van der Waals surface area contributed by atoms with Crippen molar-refractivity contribution in [1.29, 1.82) is 0 Å². The van der Waals surface area contributed by atoms with E-state index in [2.05, 4.69) is 15.5 Å². The molecule has 1 heterocycles. The predicted molar refractivity (Wildman–Crippen MR) is 109 cm³/mol. The SMILES string of the molecule is Cc1ccc(-c2nnc(SCC(=O)NCc3ccc(Cl)cc3Cl)n2N)cc1. The van der Waals surface area contributed by atoms with Crippen LogP contribution in [0.1, 0.15) is 11.1 Å².